The first-order valence-corrected chi connectivity index (χ1v) is 4.70. The molecule has 3 heteroatoms. The number of rotatable bonds is 5. The zero-order valence-electron chi connectivity index (χ0n) is 8.59. The molecule has 14 heavy (non-hydrogen) atoms. The molecule has 0 spiro atoms. The van der Waals surface area contributed by atoms with Gasteiger partial charge in [0.15, 0.2) is 0 Å². The lowest BCUT2D eigenvalue weighted by molar-refractivity contribution is 0.320. The fraction of sp³-hybridized carbons (Fsp3) is 0.455. The standard InChI is InChI=1S/C11H16FNO/c1-13-7-6-11(12)9-4-3-5-10(8-9)14-2/h3-5,8,11,13H,6-7H2,1-2H3. The lowest BCUT2D eigenvalue weighted by atomic mass is 10.1. The first kappa shape index (κ1) is 11.0. The molecule has 1 N–H and O–H groups in total. The van der Waals surface area contributed by atoms with Crippen LogP contribution < -0.4 is 10.1 Å². The van der Waals surface area contributed by atoms with E-state index in [0.29, 0.717) is 24.3 Å². The fourth-order valence-corrected chi connectivity index (χ4v) is 1.27. The lowest BCUT2D eigenvalue weighted by Gasteiger charge is -2.09. The van der Waals surface area contributed by atoms with E-state index in [0.717, 1.165) is 0 Å². The van der Waals surface area contributed by atoms with Crippen molar-refractivity contribution >= 4 is 0 Å². The molecule has 1 aromatic rings. The van der Waals surface area contributed by atoms with Gasteiger partial charge in [-0.1, -0.05) is 12.1 Å². The van der Waals surface area contributed by atoms with Crippen molar-refractivity contribution in [1.82, 2.24) is 5.32 Å². The van der Waals surface area contributed by atoms with Crippen LogP contribution in [0.1, 0.15) is 18.2 Å². The molecule has 0 radical (unpaired) electrons. The normalized spacial score (nSPS) is 12.5. The van der Waals surface area contributed by atoms with Crippen molar-refractivity contribution in [1.29, 1.82) is 0 Å². The predicted molar refractivity (Wildman–Crippen MR) is 55.4 cm³/mol. The Kier molecular flexibility index (Phi) is 4.40. The first-order valence-electron chi connectivity index (χ1n) is 4.70. The zero-order chi connectivity index (χ0) is 10.4. The van der Waals surface area contributed by atoms with Gasteiger partial charge in [0.25, 0.3) is 0 Å². The minimum absolute atomic E-state index is 0.490. The smallest absolute Gasteiger partial charge is 0.126 e. The van der Waals surface area contributed by atoms with E-state index in [2.05, 4.69) is 5.32 Å². The maximum atomic E-state index is 13.5. The highest BCUT2D eigenvalue weighted by Crippen LogP contribution is 2.24. The number of methoxy groups -OCH3 is 1. The van der Waals surface area contributed by atoms with Crippen molar-refractivity contribution in [3.05, 3.63) is 29.8 Å². The van der Waals surface area contributed by atoms with Crippen LogP contribution in [-0.4, -0.2) is 20.7 Å². The topological polar surface area (TPSA) is 21.3 Å². The molecule has 1 rings (SSSR count). The van der Waals surface area contributed by atoms with Crippen LogP contribution in [-0.2, 0) is 0 Å². The number of alkyl halides is 1. The SMILES string of the molecule is CNCCC(F)c1cccc(OC)c1. The molecule has 78 valence electrons. The first-order chi connectivity index (χ1) is 6.77. The summed E-state index contributed by atoms with van der Waals surface area (Å²) >= 11 is 0. The van der Waals surface area contributed by atoms with Gasteiger partial charge in [0, 0.05) is 0 Å². The molecule has 0 aromatic heterocycles. The quantitative estimate of drug-likeness (QED) is 0.782. The minimum Gasteiger partial charge on any atom is -0.497 e. The van der Waals surface area contributed by atoms with Crippen LogP contribution in [0, 0.1) is 0 Å². The van der Waals surface area contributed by atoms with Crippen LogP contribution in [0.5, 0.6) is 5.75 Å². The van der Waals surface area contributed by atoms with Crippen molar-refractivity contribution in [2.45, 2.75) is 12.6 Å². The summed E-state index contributed by atoms with van der Waals surface area (Å²) in [6, 6.07) is 7.14. The summed E-state index contributed by atoms with van der Waals surface area (Å²) in [5, 5.41) is 2.93. The maximum Gasteiger partial charge on any atom is 0.126 e. The van der Waals surface area contributed by atoms with Crippen LogP contribution >= 0.6 is 0 Å². The third-order valence-corrected chi connectivity index (χ3v) is 2.10. The van der Waals surface area contributed by atoms with Gasteiger partial charge in [0.1, 0.15) is 11.9 Å². The summed E-state index contributed by atoms with van der Waals surface area (Å²) in [5.41, 5.74) is 0.680. The van der Waals surface area contributed by atoms with E-state index in [1.165, 1.54) is 0 Å². The molecule has 0 amide bonds. The van der Waals surface area contributed by atoms with Crippen molar-refractivity contribution in [2.24, 2.45) is 0 Å². The highest BCUT2D eigenvalue weighted by atomic mass is 19.1. The van der Waals surface area contributed by atoms with Crippen molar-refractivity contribution in [3.63, 3.8) is 0 Å². The largest absolute Gasteiger partial charge is 0.497 e. The number of hydrogen-bond donors (Lipinski definition) is 1. The van der Waals surface area contributed by atoms with Crippen molar-refractivity contribution in [3.8, 4) is 5.75 Å². The molecule has 2 nitrogen and oxygen atoms in total. The molecule has 0 aliphatic rings. The van der Waals surface area contributed by atoms with E-state index in [1.54, 1.807) is 25.3 Å². The van der Waals surface area contributed by atoms with Gasteiger partial charge in [-0.05, 0) is 37.7 Å². The predicted octanol–water partition coefficient (Wildman–Crippen LogP) is 2.32. The Labute approximate surface area is 84.1 Å². The van der Waals surface area contributed by atoms with Gasteiger partial charge in [0.05, 0.1) is 7.11 Å². The molecule has 0 fully saturated rings. The molecular formula is C11H16FNO. The number of benzene rings is 1. The maximum absolute atomic E-state index is 13.5. The van der Waals surface area contributed by atoms with Gasteiger partial charge in [0.2, 0.25) is 0 Å². The molecule has 1 atom stereocenters. The lowest BCUT2D eigenvalue weighted by Crippen LogP contribution is -2.10. The molecule has 0 aliphatic carbocycles. The van der Waals surface area contributed by atoms with E-state index in [9.17, 15) is 4.39 Å². The van der Waals surface area contributed by atoms with E-state index in [4.69, 9.17) is 4.74 Å². The summed E-state index contributed by atoms with van der Waals surface area (Å²) in [6.07, 6.45) is -0.429. The van der Waals surface area contributed by atoms with E-state index < -0.39 is 6.17 Å². The fourth-order valence-electron chi connectivity index (χ4n) is 1.27. The summed E-state index contributed by atoms with van der Waals surface area (Å²) < 4.78 is 18.6. The third-order valence-electron chi connectivity index (χ3n) is 2.10. The average Bonchev–Trinajstić information content (AvgIpc) is 2.26. The van der Waals surface area contributed by atoms with Crippen LogP contribution in [0.25, 0.3) is 0 Å². The number of nitrogens with one attached hydrogen (secondary N) is 1. The highest BCUT2D eigenvalue weighted by Gasteiger charge is 2.09. The second kappa shape index (κ2) is 5.60. The second-order valence-corrected chi connectivity index (χ2v) is 3.14. The number of halogens is 1. The third kappa shape index (κ3) is 3.00. The second-order valence-electron chi connectivity index (χ2n) is 3.14. The molecular weight excluding hydrogens is 181 g/mol. The van der Waals surface area contributed by atoms with Crippen molar-refractivity contribution in [2.75, 3.05) is 20.7 Å². The number of hydrogen-bond acceptors (Lipinski definition) is 2. The molecule has 1 unspecified atom stereocenters. The zero-order valence-corrected chi connectivity index (χ0v) is 8.59. The van der Waals surface area contributed by atoms with E-state index in [-0.39, 0.29) is 0 Å². The monoisotopic (exact) mass is 197 g/mol. The summed E-state index contributed by atoms with van der Waals surface area (Å²) in [6.45, 7) is 0.679. The Morgan fingerprint density at radius 1 is 1.50 bits per heavy atom. The van der Waals surface area contributed by atoms with E-state index >= 15 is 0 Å². The van der Waals surface area contributed by atoms with Crippen molar-refractivity contribution < 1.29 is 9.13 Å². The number of ether oxygens (including phenoxy) is 1. The van der Waals surface area contributed by atoms with Gasteiger partial charge in [-0.2, -0.15) is 0 Å². The van der Waals surface area contributed by atoms with Crippen LogP contribution in [0.3, 0.4) is 0 Å². The Balaban J connectivity index is 2.64. The van der Waals surface area contributed by atoms with Crippen LogP contribution in [0.15, 0.2) is 24.3 Å². The van der Waals surface area contributed by atoms with Gasteiger partial charge in [-0.3, -0.25) is 0 Å². The van der Waals surface area contributed by atoms with E-state index in [1.807, 2.05) is 13.1 Å². The Morgan fingerprint density at radius 3 is 2.93 bits per heavy atom. The molecule has 0 saturated carbocycles. The molecule has 0 aliphatic heterocycles. The molecule has 0 saturated heterocycles. The highest BCUT2D eigenvalue weighted by molar-refractivity contribution is 5.29. The van der Waals surface area contributed by atoms with Gasteiger partial charge < -0.3 is 10.1 Å². The van der Waals surface area contributed by atoms with Crippen LogP contribution in [0.4, 0.5) is 4.39 Å². The molecule has 1 aromatic carbocycles. The summed E-state index contributed by atoms with van der Waals surface area (Å²) in [4.78, 5) is 0. The summed E-state index contributed by atoms with van der Waals surface area (Å²) in [7, 11) is 3.40. The molecule has 0 heterocycles. The van der Waals surface area contributed by atoms with Gasteiger partial charge in [-0.25, -0.2) is 4.39 Å². The Morgan fingerprint density at radius 2 is 2.29 bits per heavy atom. The Hall–Kier alpha value is -1.09. The van der Waals surface area contributed by atoms with Gasteiger partial charge in [-0.15, -0.1) is 0 Å². The average molecular weight is 197 g/mol. The molecule has 0 bridgehead atoms. The Bertz CT molecular complexity index is 278. The van der Waals surface area contributed by atoms with Gasteiger partial charge >= 0.3 is 0 Å². The summed E-state index contributed by atoms with van der Waals surface area (Å²) in [5.74, 6) is 0.703. The minimum atomic E-state index is -0.919. The van der Waals surface area contributed by atoms with Crippen LogP contribution in [0.2, 0.25) is 0 Å².